The molecule has 1 atom stereocenters. The molecule has 1 aromatic carbocycles. The van der Waals surface area contributed by atoms with Crippen LogP contribution in [0.2, 0.25) is 24.7 Å². The van der Waals surface area contributed by atoms with Crippen molar-refractivity contribution in [3.05, 3.63) is 34.9 Å². The Balaban J connectivity index is 2.40. The highest BCUT2D eigenvalue weighted by molar-refractivity contribution is 6.69. The van der Waals surface area contributed by atoms with E-state index in [1.54, 1.807) is 0 Å². The summed E-state index contributed by atoms with van der Waals surface area (Å²) < 4.78 is 11.5. The van der Waals surface area contributed by atoms with Gasteiger partial charge in [0.05, 0.1) is 31.8 Å². The second kappa shape index (κ2) is 7.66. The smallest absolute Gasteiger partial charge is 0.184 e. The zero-order valence-corrected chi connectivity index (χ0v) is 13.4. The van der Waals surface area contributed by atoms with Gasteiger partial charge >= 0.3 is 0 Å². The van der Waals surface area contributed by atoms with Crippen molar-refractivity contribution >= 4 is 19.9 Å². The third-order valence-electron chi connectivity index (χ3n) is 2.32. The highest BCUT2D eigenvalue weighted by Gasteiger charge is 2.21. The predicted molar refractivity (Wildman–Crippen MR) is 79.6 cm³/mol. The van der Waals surface area contributed by atoms with E-state index in [0.717, 1.165) is 5.56 Å². The van der Waals surface area contributed by atoms with Crippen LogP contribution in [0.15, 0.2) is 24.3 Å². The number of rotatable bonds is 7. The maximum Gasteiger partial charge on any atom is 0.184 e. The Bertz CT molecular complexity index is 423. The molecular formula is C14H20ClNO2Si. The molecule has 0 amide bonds. The van der Waals surface area contributed by atoms with Crippen molar-refractivity contribution in [3.8, 4) is 6.07 Å². The number of halogens is 1. The van der Waals surface area contributed by atoms with E-state index in [4.69, 9.17) is 26.0 Å². The molecule has 1 rings (SSSR count). The van der Waals surface area contributed by atoms with E-state index in [0.29, 0.717) is 24.7 Å². The molecule has 0 aliphatic rings. The van der Waals surface area contributed by atoms with Crippen LogP contribution >= 0.6 is 11.6 Å². The minimum Gasteiger partial charge on any atom is -0.411 e. The maximum absolute atomic E-state index is 8.80. The first-order valence-corrected chi connectivity index (χ1v) is 10.1. The molecule has 3 nitrogen and oxygen atoms in total. The Morgan fingerprint density at radius 3 is 2.42 bits per heavy atom. The monoisotopic (exact) mass is 297 g/mol. The van der Waals surface area contributed by atoms with Gasteiger partial charge in [-0.15, -0.1) is 0 Å². The second-order valence-corrected chi connectivity index (χ2v) is 10.3. The van der Waals surface area contributed by atoms with E-state index in [2.05, 4.69) is 25.7 Å². The standard InChI is InChI=1S/C14H20ClNO2Si/c1-19(2,3)18-14(8-9-16)11-17-10-12-4-6-13(15)7-5-12/h4-7,14H,8,10-11H2,1-3H3/t14-/m1/s1. The van der Waals surface area contributed by atoms with Crippen molar-refractivity contribution in [1.82, 2.24) is 0 Å². The van der Waals surface area contributed by atoms with E-state index in [-0.39, 0.29) is 6.10 Å². The molecular weight excluding hydrogens is 278 g/mol. The Morgan fingerprint density at radius 1 is 1.26 bits per heavy atom. The minimum atomic E-state index is -1.64. The summed E-state index contributed by atoms with van der Waals surface area (Å²) >= 11 is 5.82. The molecule has 0 saturated carbocycles. The molecule has 0 aliphatic carbocycles. The summed E-state index contributed by atoms with van der Waals surface area (Å²) in [5, 5.41) is 9.51. The van der Waals surface area contributed by atoms with Gasteiger partial charge in [0.25, 0.3) is 0 Å². The number of benzene rings is 1. The lowest BCUT2D eigenvalue weighted by molar-refractivity contribution is 0.0397. The number of ether oxygens (including phenoxy) is 1. The van der Waals surface area contributed by atoms with Crippen molar-refractivity contribution in [1.29, 1.82) is 5.26 Å². The molecule has 0 saturated heterocycles. The average Bonchev–Trinajstić information content (AvgIpc) is 2.30. The van der Waals surface area contributed by atoms with Crippen LogP contribution in [0, 0.1) is 11.3 Å². The van der Waals surface area contributed by atoms with Gasteiger partial charge in [-0.3, -0.25) is 0 Å². The lowest BCUT2D eigenvalue weighted by Gasteiger charge is -2.24. The van der Waals surface area contributed by atoms with E-state index in [1.807, 2.05) is 24.3 Å². The molecule has 5 heteroatoms. The Labute approximate surface area is 121 Å². The fourth-order valence-corrected chi connectivity index (χ4v) is 2.90. The van der Waals surface area contributed by atoms with E-state index < -0.39 is 8.32 Å². The van der Waals surface area contributed by atoms with Crippen LogP contribution in [0.1, 0.15) is 12.0 Å². The zero-order valence-electron chi connectivity index (χ0n) is 11.6. The molecule has 19 heavy (non-hydrogen) atoms. The summed E-state index contributed by atoms with van der Waals surface area (Å²) in [5.41, 5.74) is 1.06. The normalized spacial score (nSPS) is 13.0. The molecule has 0 radical (unpaired) electrons. The van der Waals surface area contributed by atoms with E-state index >= 15 is 0 Å². The van der Waals surface area contributed by atoms with Crippen LogP contribution in [0.25, 0.3) is 0 Å². The van der Waals surface area contributed by atoms with Gasteiger partial charge in [-0.25, -0.2) is 0 Å². The van der Waals surface area contributed by atoms with Gasteiger partial charge in [0.1, 0.15) is 0 Å². The van der Waals surface area contributed by atoms with Crippen LogP contribution < -0.4 is 0 Å². The quantitative estimate of drug-likeness (QED) is 0.715. The van der Waals surface area contributed by atoms with Crippen LogP contribution in [0.5, 0.6) is 0 Å². The number of hydrogen-bond acceptors (Lipinski definition) is 3. The highest BCUT2D eigenvalue weighted by Crippen LogP contribution is 2.13. The average molecular weight is 298 g/mol. The van der Waals surface area contributed by atoms with Gasteiger partial charge in [0.15, 0.2) is 8.32 Å². The van der Waals surface area contributed by atoms with E-state index in [1.165, 1.54) is 0 Å². The molecule has 0 fully saturated rings. The van der Waals surface area contributed by atoms with Crippen LogP contribution in [-0.2, 0) is 15.8 Å². The van der Waals surface area contributed by atoms with Crippen molar-refractivity contribution in [2.75, 3.05) is 6.61 Å². The summed E-state index contributed by atoms with van der Waals surface area (Å²) in [6, 6.07) is 9.69. The fourth-order valence-electron chi connectivity index (χ4n) is 1.63. The summed E-state index contributed by atoms with van der Waals surface area (Å²) in [5.74, 6) is 0. The Hall–Kier alpha value is -0.863. The van der Waals surface area contributed by atoms with Crippen LogP contribution in [0.3, 0.4) is 0 Å². The van der Waals surface area contributed by atoms with Crippen LogP contribution in [-0.4, -0.2) is 21.0 Å². The first-order chi connectivity index (χ1) is 8.90. The zero-order chi connectivity index (χ0) is 14.3. The van der Waals surface area contributed by atoms with E-state index in [9.17, 15) is 0 Å². The summed E-state index contributed by atoms with van der Waals surface area (Å²) in [6.45, 7) is 7.28. The molecule has 0 N–H and O–H groups in total. The van der Waals surface area contributed by atoms with Crippen molar-refractivity contribution in [3.63, 3.8) is 0 Å². The van der Waals surface area contributed by atoms with Gasteiger partial charge in [-0.1, -0.05) is 23.7 Å². The van der Waals surface area contributed by atoms with Crippen molar-refractivity contribution in [2.24, 2.45) is 0 Å². The Kier molecular flexibility index (Phi) is 6.53. The maximum atomic E-state index is 8.80. The predicted octanol–water partition coefficient (Wildman–Crippen LogP) is 3.99. The highest BCUT2D eigenvalue weighted by atomic mass is 35.5. The lowest BCUT2D eigenvalue weighted by atomic mass is 10.2. The molecule has 104 valence electrons. The van der Waals surface area contributed by atoms with Gasteiger partial charge in [-0.2, -0.15) is 5.26 Å². The summed E-state index contributed by atoms with van der Waals surface area (Å²) in [4.78, 5) is 0. The summed E-state index contributed by atoms with van der Waals surface area (Å²) in [6.07, 6.45) is 0.231. The third-order valence-corrected chi connectivity index (χ3v) is 3.62. The number of nitriles is 1. The minimum absolute atomic E-state index is 0.135. The molecule has 1 aromatic rings. The van der Waals surface area contributed by atoms with Gasteiger partial charge in [0.2, 0.25) is 0 Å². The number of hydrogen-bond donors (Lipinski definition) is 0. The largest absolute Gasteiger partial charge is 0.411 e. The fraction of sp³-hybridized carbons (Fsp3) is 0.500. The molecule has 0 heterocycles. The van der Waals surface area contributed by atoms with Crippen molar-refractivity contribution < 1.29 is 9.16 Å². The first-order valence-electron chi connectivity index (χ1n) is 6.27. The molecule has 0 unspecified atom stereocenters. The lowest BCUT2D eigenvalue weighted by Crippen LogP contribution is -2.34. The van der Waals surface area contributed by atoms with Crippen molar-refractivity contribution in [2.45, 2.75) is 38.8 Å². The molecule has 0 bridgehead atoms. The molecule has 0 aromatic heterocycles. The summed E-state index contributed by atoms with van der Waals surface area (Å²) in [7, 11) is -1.64. The van der Waals surface area contributed by atoms with Gasteiger partial charge < -0.3 is 9.16 Å². The second-order valence-electron chi connectivity index (χ2n) is 5.36. The molecule has 0 aliphatic heterocycles. The Morgan fingerprint density at radius 2 is 1.89 bits per heavy atom. The number of nitrogens with zero attached hydrogens (tertiary/aromatic N) is 1. The van der Waals surface area contributed by atoms with Gasteiger partial charge in [-0.05, 0) is 37.3 Å². The van der Waals surface area contributed by atoms with Crippen LogP contribution in [0.4, 0.5) is 0 Å². The third kappa shape index (κ3) is 7.33. The topological polar surface area (TPSA) is 42.2 Å². The SMILES string of the molecule is C[Si](C)(C)O[C@H](CC#N)COCc1ccc(Cl)cc1. The van der Waals surface area contributed by atoms with Gasteiger partial charge in [0, 0.05) is 5.02 Å². The molecule has 0 spiro atoms. The first kappa shape index (κ1) is 16.2.